The fraction of sp³-hybridized carbons (Fsp3) is 0.286. The van der Waals surface area contributed by atoms with Crippen molar-refractivity contribution in [1.82, 2.24) is 9.88 Å². The van der Waals surface area contributed by atoms with Gasteiger partial charge in [0.1, 0.15) is 6.61 Å². The molecule has 106 valence electrons. The van der Waals surface area contributed by atoms with Crippen LogP contribution < -0.4 is 9.47 Å². The predicted octanol–water partition coefficient (Wildman–Crippen LogP) is 2.43. The lowest BCUT2D eigenvalue weighted by Crippen LogP contribution is -2.21. The Bertz CT molecular complexity index is 582. The van der Waals surface area contributed by atoms with Crippen molar-refractivity contribution in [3.05, 3.63) is 40.3 Å². The Morgan fingerprint density at radius 2 is 2.15 bits per heavy atom. The molecule has 0 aliphatic carbocycles. The first-order chi connectivity index (χ1) is 9.61. The van der Waals surface area contributed by atoms with Crippen LogP contribution in [-0.4, -0.2) is 37.0 Å². The summed E-state index contributed by atoms with van der Waals surface area (Å²) in [6, 6.07) is 5.14. The lowest BCUT2D eigenvalue weighted by atomic mass is 10.2. The van der Waals surface area contributed by atoms with E-state index < -0.39 is 0 Å². The lowest BCUT2D eigenvalue weighted by molar-refractivity contribution is 0.0827. The van der Waals surface area contributed by atoms with E-state index in [0.29, 0.717) is 23.7 Å². The highest BCUT2D eigenvalue weighted by Crippen LogP contribution is 2.29. The standard InChI is InChI=1S/C14H16N2O3S/c1-16(2)14(17)10-4-5-12(13(6-10)18-3)19-7-11-8-20-9-15-11/h4-6,8-9H,7H2,1-3H3. The van der Waals surface area contributed by atoms with Crippen molar-refractivity contribution in [2.75, 3.05) is 21.2 Å². The first-order valence-corrected chi connectivity index (χ1v) is 6.95. The van der Waals surface area contributed by atoms with Gasteiger partial charge in [-0.25, -0.2) is 4.98 Å². The Morgan fingerprint density at radius 1 is 1.35 bits per heavy atom. The molecule has 0 spiro atoms. The molecule has 0 fully saturated rings. The van der Waals surface area contributed by atoms with E-state index in [1.54, 1.807) is 44.9 Å². The van der Waals surface area contributed by atoms with E-state index >= 15 is 0 Å². The molecule has 0 aliphatic rings. The molecule has 0 unspecified atom stereocenters. The number of rotatable bonds is 5. The third-order valence-corrected chi connectivity index (χ3v) is 3.31. The second kappa shape index (κ2) is 6.38. The van der Waals surface area contributed by atoms with Crippen molar-refractivity contribution in [3.8, 4) is 11.5 Å². The molecular formula is C14H16N2O3S. The van der Waals surface area contributed by atoms with Crippen LogP contribution in [0.25, 0.3) is 0 Å². The van der Waals surface area contributed by atoms with Crippen molar-refractivity contribution in [3.63, 3.8) is 0 Å². The summed E-state index contributed by atoms with van der Waals surface area (Å²) in [5.74, 6) is 1.05. The first kappa shape index (κ1) is 14.3. The summed E-state index contributed by atoms with van der Waals surface area (Å²) < 4.78 is 10.9. The van der Waals surface area contributed by atoms with Crippen LogP contribution in [0.1, 0.15) is 16.1 Å². The van der Waals surface area contributed by atoms with Crippen molar-refractivity contribution < 1.29 is 14.3 Å². The molecule has 0 N–H and O–H groups in total. The lowest BCUT2D eigenvalue weighted by Gasteiger charge is -2.14. The fourth-order valence-corrected chi connectivity index (χ4v) is 2.18. The van der Waals surface area contributed by atoms with E-state index in [2.05, 4.69) is 4.98 Å². The molecule has 1 aromatic carbocycles. The quantitative estimate of drug-likeness (QED) is 0.849. The van der Waals surface area contributed by atoms with Gasteiger partial charge in [0.05, 0.1) is 18.3 Å². The van der Waals surface area contributed by atoms with Crippen LogP contribution in [0.3, 0.4) is 0 Å². The van der Waals surface area contributed by atoms with E-state index in [0.717, 1.165) is 5.69 Å². The van der Waals surface area contributed by atoms with Gasteiger partial charge in [-0.05, 0) is 18.2 Å². The van der Waals surface area contributed by atoms with Gasteiger partial charge in [-0.15, -0.1) is 11.3 Å². The molecule has 6 heteroatoms. The van der Waals surface area contributed by atoms with E-state index in [1.165, 1.54) is 16.2 Å². The normalized spacial score (nSPS) is 10.2. The van der Waals surface area contributed by atoms with Crippen LogP contribution >= 0.6 is 11.3 Å². The fourth-order valence-electron chi connectivity index (χ4n) is 1.64. The average Bonchev–Trinajstić information content (AvgIpc) is 2.97. The van der Waals surface area contributed by atoms with Gasteiger partial charge >= 0.3 is 0 Å². The Morgan fingerprint density at radius 3 is 2.75 bits per heavy atom. The van der Waals surface area contributed by atoms with Crippen LogP contribution in [-0.2, 0) is 6.61 Å². The predicted molar refractivity (Wildman–Crippen MR) is 77.5 cm³/mol. The molecule has 0 radical (unpaired) electrons. The molecule has 0 atom stereocenters. The molecule has 5 nitrogen and oxygen atoms in total. The summed E-state index contributed by atoms with van der Waals surface area (Å²) in [4.78, 5) is 17.6. The van der Waals surface area contributed by atoms with E-state index in [9.17, 15) is 4.79 Å². The summed E-state index contributed by atoms with van der Waals surface area (Å²) in [7, 11) is 4.97. The number of carbonyl (C=O) groups excluding carboxylic acids is 1. The maximum atomic E-state index is 11.9. The second-order valence-electron chi connectivity index (χ2n) is 4.33. The molecule has 0 bridgehead atoms. The summed E-state index contributed by atoms with van der Waals surface area (Å²) in [6.07, 6.45) is 0. The maximum Gasteiger partial charge on any atom is 0.253 e. The maximum absolute atomic E-state index is 11.9. The van der Waals surface area contributed by atoms with Gasteiger partial charge in [-0.2, -0.15) is 0 Å². The van der Waals surface area contributed by atoms with Gasteiger partial charge in [0.15, 0.2) is 11.5 Å². The number of benzene rings is 1. The second-order valence-corrected chi connectivity index (χ2v) is 5.05. The summed E-state index contributed by atoms with van der Waals surface area (Å²) in [5.41, 5.74) is 3.19. The zero-order valence-corrected chi connectivity index (χ0v) is 12.4. The molecule has 1 heterocycles. The number of methoxy groups -OCH3 is 1. The third kappa shape index (κ3) is 3.27. The van der Waals surface area contributed by atoms with Crippen molar-refractivity contribution in [2.45, 2.75) is 6.61 Å². The van der Waals surface area contributed by atoms with Crippen LogP contribution in [0.15, 0.2) is 29.1 Å². The molecular weight excluding hydrogens is 276 g/mol. The largest absolute Gasteiger partial charge is 0.493 e. The Hall–Kier alpha value is -2.08. The van der Waals surface area contributed by atoms with E-state index in [1.807, 2.05) is 5.38 Å². The number of hydrogen-bond donors (Lipinski definition) is 0. The highest BCUT2D eigenvalue weighted by atomic mass is 32.1. The van der Waals surface area contributed by atoms with Gasteiger partial charge in [0.2, 0.25) is 0 Å². The molecule has 1 aromatic heterocycles. The molecule has 0 aliphatic heterocycles. The minimum Gasteiger partial charge on any atom is -0.493 e. The monoisotopic (exact) mass is 292 g/mol. The van der Waals surface area contributed by atoms with E-state index in [-0.39, 0.29) is 5.91 Å². The Kier molecular flexibility index (Phi) is 4.57. The van der Waals surface area contributed by atoms with Crippen molar-refractivity contribution >= 4 is 17.2 Å². The van der Waals surface area contributed by atoms with Crippen LogP contribution in [0.2, 0.25) is 0 Å². The average molecular weight is 292 g/mol. The SMILES string of the molecule is COc1cc(C(=O)N(C)C)ccc1OCc1cscn1. The highest BCUT2D eigenvalue weighted by Gasteiger charge is 2.12. The van der Waals surface area contributed by atoms with Gasteiger partial charge in [-0.1, -0.05) is 0 Å². The highest BCUT2D eigenvalue weighted by molar-refractivity contribution is 7.07. The smallest absolute Gasteiger partial charge is 0.253 e. The summed E-state index contributed by atoms with van der Waals surface area (Å²) in [5, 5.41) is 1.93. The van der Waals surface area contributed by atoms with Crippen molar-refractivity contribution in [1.29, 1.82) is 0 Å². The number of nitrogens with zero attached hydrogens (tertiary/aromatic N) is 2. The van der Waals surface area contributed by atoms with Crippen molar-refractivity contribution in [2.24, 2.45) is 0 Å². The minimum atomic E-state index is -0.0747. The molecule has 20 heavy (non-hydrogen) atoms. The number of ether oxygens (including phenoxy) is 2. The van der Waals surface area contributed by atoms with Gasteiger partial charge in [0.25, 0.3) is 5.91 Å². The topological polar surface area (TPSA) is 51.7 Å². The zero-order chi connectivity index (χ0) is 14.5. The van der Waals surface area contributed by atoms with Crippen LogP contribution in [0.4, 0.5) is 0 Å². The number of hydrogen-bond acceptors (Lipinski definition) is 5. The molecule has 2 aromatic rings. The van der Waals surface area contributed by atoms with Crippen LogP contribution in [0.5, 0.6) is 11.5 Å². The molecule has 0 saturated heterocycles. The first-order valence-electron chi connectivity index (χ1n) is 6.01. The molecule has 2 rings (SSSR count). The Balaban J connectivity index is 2.15. The van der Waals surface area contributed by atoms with Gasteiger partial charge < -0.3 is 14.4 Å². The number of amides is 1. The van der Waals surface area contributed by atoms with E-state index in [4.69, 9.17) is 9.47 Å². The Labute approximate surface area is 121 Å². The van der Waals surface area contributed by atoms with Crippen LogP contribution in [0, 0.1) is 0 Å². The zero-order valence-electron chi connectivity index (χ0n) is 11.6. The molecule has 0 saturated carbocycles. The number of thiazole rings is 1. The third-order valence-electron chi connectivity index (χ3n) is 2.68. The molecule has 1 amide bonds. The summed E-state index contributed by atoms with van der Waals surface area (Å²) >= 11 is 1.52. The number of carbonyl (C=O) groups is 1. The minimum absolute atomic E-state index is 0.0747. The van der Waals surface area contributed by atoms with Gasteiger partial charge in [-0.3, -0.25) is 4.79 Å². The van der Waals surface area contributed by atoms with Gasteiger partial charge in [0, 0.05) is 25.0 Å². The summed E-state index contributed by atoms with van der Waals surface area (Å²) in [6.45, 7) is 0.376. The number of aromatic nitrogens is 1.